The van der Waals surface area contributed by atoms with Crippen LogP contribution in [-0.2, 0) is 24.2 Å². The number of ether oxygens (including phenoxy) is 1. The first-order valence-electron chi connectivity index (χ1n) is 12.0. The van der Waals surface area contributed by atoms with Gasteiger partial charge in [-0.25, -0.2) is 5.10 Å². The second-order valence-electron chi connectivity index (χ2n) is 9.79. The normalized spacial score (nSPS) is 19.1. The number of aromatic nitrogens is 2. The zero-order valence-electron chi connectivity index (χ0n) is 19.2. The van der Waals surface area contributed by atoms with Crippen molar-refractivity contribution in [1.82, 2.24) is 20.0 Å². The molecule has 0 unspecified atom stereocenters. The minimum Gasteiger partial charge on any atom is -0.493 e. The Hall–Kier alpha value is -3.23. The molecule has 1 aliphatic carbocycles. The van der Waals surface area contributed by atoms with E-state index in [-0.39, 0.29) is 11.5 Å². The molecule has 1 aromatic heterocycles. The van der Waals surface area contributed by atoms with Crippen molar-refractivity contribution in [1.29, 1.82) is 0 Å². The Kier molecular flexibility index (Phi) is 5.15. The third-order valence-electron chi connectivity index (χ3n) is 7.33. The quantitative estimate of drug-likeness (QED) is 0.600. The fourth-order valence-electron chi connectivity index (χ4n) is 5.19. The molecule has 0 atom stereocenters. The van der Waals surface area contributed by atoms with Crippen LogP contribution in [0.1, 0.15) is 35.2 Å². The SMILES string of the molecule is NC1(C(=O)N2CCN(Cc3cc(Cc4n[nH]c(=O)c5ccccc45)cc4c3OCC4)CC2)CC1. The zero-order valence-corrected chi connectivity index (χ0v) is 19.2. The first kappa shape index (κ1) is 21.3. The van der Waals surface area contributed by atoms with Gasteiger partial charge in [-0.15, -0.1) is 0 Å². The minimum atomic E-state index is -0.592. The van der Waals surface area contributed by atoms with Gasteiger partial charge in [0, 0.05) is 56.5 Å². The first-order chi connectivity index (χ1) is 16.5. The van der Waals surface area contributed by atoms with Gasteiger partial charge in [-0.05, 0) is 30.0 Å². The van der Waals surface area contributed by atoms with Gasteiger partial charge in [-0.1, -0.05) is 30.3 Å². The summed E-state index contributed by atoms with van der Waals surface area (Å²) < 4.78 is 6.00. The summed E-state index contributed by atoms with van der Waals surface area (Å²) in [5.74, 6) is 1.11. The number of carbonyl (C=O) groups is 1. The van der Waals surface area contributed by atoms with Gasteiger partial charge in [0.25, 0.3) is 5.56 Å². The molecule has 0 spiro atoms. The van der Waals surface area contributed by atoms with Crippen LogP contribution in [0.5, 0.6) is 5.75 Å². The van der Waals surface area contributed by atoms with E-state index in [0.717, 1.165) is 61.3 Å². The summed E-state index contributed by atoms with van der Waals surface area (Å²) in [6.07, 6.45) is 3.15. The molecule has 1 amide bonds. The van der Waals surface area contributed by atoms with Gasteiger partial charge in [0.1, 0.15) is 5.75 Å². The minimum absolute atomic E-state index is 0.110. The number of H-pyrrole nitrogens is 1. The molecule has 3 heterocycles. The lowest BCUT2D eigenvalue weighted by Crippen LogP contribution is -2.53. The molecule has 3 N–H and O–H groups in total. The smallest absolute Gasteiger partial charge is 0.272 e. The van der Waals surface area contributed by atoms with Gasteiger partial charge < -0.3 is 15.4 Å². The van der Waals surface area contributed by atoms with Gasteiger partial charge >= 0.3 is 0 Å². The van der Waals surface area contributed by atoms with Crippen molar-refractivity contribution in [2.24, 2.45) is 5.73 Å². The van der Waals surface area contributed by atoms with Gasteiger partial charge in [0.15, 0.2) is 0 Å². The molecular weight excluding hydrogens is 430 g/mol. The monoisotopic (exact) mass is 459 g/mol. The van der Waals surface area contributed by atoms with Crippen LogP contribution in [0.4, 0.5) is 0 Å². The lowest BCUT2D eigenvalue weighted by molar-refractivity contribution is -0.135. The highest BCUT2D eigenvalue weighted by atomic mass is 16.5. The number of amides is 1. The second-order valence-corrected chi connectivity index (χ2v) is 9.79. The molecule has 34 heavy (non-hydrogen) atoms. The van der Waals surface area contributed by atoms with Crippen LogP contribution in [-0.4, -0.2) is 64.2 Å². The summed E-state index contributed by atoms with van der Waals surface area (Å²) in [4.78, 5) is 29.0. The van der Waals surface area contributed by atoms with Crippen molar-refractivity contribution in [3.8, 4) is 5.75 Å². The van der Waals surface area contributed by atoms with Crippen molar-refractivity contribution in [2.45, 2.75) is 37.8 Å². The number of rotatable bonds is 5. The lowest BCUT2D eigenvalue weighted by Gasteiger charge is -2.36. The summed E-state index contributed by atoms with van der Waals surface area (Å²) in [7, 11) is 0. The highest BCUT2D eigenvalue weighted by Gasteiger charge is 2.48. The van der Waals surface area contributed by atoms with E-state index < -0.39 is 5.54 Å². The summed E-state index contributed by atoms with van der Waals surface area (Å²) in [6.45, 7) is 4.57. The molecule has 6 rings (SSSR count). The Labute approximate surface area is 197 Å². The van der Waals surface area contributed by atoms with E-state index in [2.05, 4.69) is 27.2 Å². The molecule has 2 aliphatic heterocycles. The average molecular weight is 460 g/mol. The molecule has 176 valence electrons. The third kappa shape index (κ3) is 3.86. The zero-order chi connectivity index (χ0) is 23.3. The maximum atomic E-state index is 12.6. The fourth-order valence-corrected chi connectivity index (χ4v) is 5.19. The van der Waals surface area contributed by atoms with Crippen LogP contribution < -0.4 is 16.0 Å². The molecule has 3 aliphatic rings. The van der Waals surface area contributed by atoms with Crippen LogP contribution in [0, 0.1) is 0 Å². The topological polar surface area (TPSA) is 105 Å². The van der Waals surface area contributed by atoms with Gasteiger partial charge in [-0.3, -0.25) is 14.5 Å². The third-order valence-corrected chi connectivity index (χ3v) is 7.33. The summed E-state index contributed by atoms with van der Waals surface area (Å²) in [5.41, 5.74) is 9.80. The van der Waals surface area contributed by atoms with Gasteiger partial charge in [0.05, 0.1) is 23.2 Å². The molecule has 2 fully saturated rings. The van der Waals surface area contributed by atoms with E-state index in [1.54, 1.807) is 0 Å². The number of benzene rings is 2. The molecule has 1 saturated heterocycles. The summed E-state index contributed by atoms with van der Waals surface area (Å²) >= 11 is 0. The van der Waals surface area contributed by atoms with E-state index in [9.17, 15) is 9.59 Å². The molecule has 8 nitrogen and oxygen atoms in total. The van der Waals surface area contributed by atoms with Gasteiger partial charge in [-0.2, -0.15) is 5.10 Å². The van der Waals surface area contributed by atoms with Crippen LogP contribution >= 0.6 is 0 Å². The van der Waals surface area contributed by atoms with Crippen LogP contribution in [0.25, 0.3) is 10.8 Å². The molecule has 2 aromatic carbocycles. The number of piperazine rings is 1. The van der Waals surface area contributed by atoms with E-state index in [1.807, 2.05) is 29.2 Å². The Morgan fingerprint density at radius 2 is 1.88 bits per heavy atom. The highest BCUT2D eigenvalue weighted by Crippen LogP contribution is 2.35. The molecule has 0 bridgehead atoms. The van der Waals surface area contributed by atoms with E-state index in [1.165, 1.54) is 11.1 Å². The largest absolute Gasteiger partial charge is 0.493 e. The highest BCUT2D eigenvalue weighted by molar-refractivity contribution is 5.89. The molecule has 0 radical (unpaired) electrons. The Morgan fingerprint density at radius 3 is 2.65 bits per heavy atom. The molecule has 3 aromatic rings. The Balaban J connectivity index is 1.22. The standard InChI is InChI=1S/C26H29N5O3/c27-26(6-7-26)25(33)31-10-8-30(9-11-31)16-19-14-17(13-18-5-12-34-23(18)19)15-22-20-3-1-2-4-21(20)24(32)29-28-22/h1-4,13-14H,5-12,15-16,27H2,(H,29,32). The van der Waals surface area contributed by atoms with Crippen molar-refractivity contribution >= 4 is 16.7 Å². The van der Waals surface area contributed by atoms with Crippen LogP contribution in [0.2, 0.25) is 0 Å². The van der Waals surface area contributed by atoms with E-state index in [4.69, 9.17) is 10.5 Å². The van der Waals surface area contributed by atoms with E-state index >= 15 is 0 Å². The second kappa shape index (κ2) is 8.21. The fraction of sp³-hybridized carbons (Fsp3) is 0.423. The first-order valence-corrected chi connectivity index (χ1v) is 12.0. The predicted octanol–water partition coefficient (Wildman–Crippen LogP) is 1.58. The number of carbonyl (C=O) groups excluding carboxylic acids is 1. The van der Waals surface area contributed by atoms with Crippen LogP contribution in [0.15, 0.2) is 41.2 Å². The van der Waals surface area contributed by atoms with Crippen molar-refractivity contribution in [2.75, 3.05) is 32.8 Å². The number of nitrogens with one attached hydrogen (secondary N) is 1. The van der Waals surface area contributed by atoms with Crippen molar-refractivity contribution in [3.05, 3.63) is 69.1 Å². The molecule has 1 saturated carbocycles. The number of hydrogen-bond acceptors (Lipinski definition) is 6. The predicted molar refractivity (Wildman–Crippen MR) is 129 cm³/mol. The number of aromatic amines is 1. The van der Waals surface area contributed by atoms with Crippen molar-refractivity contribution in [3.63, 3.8) is 0 Å². The molecule has 8 heteroatoms. The maximum Gasteiger partial charge on any atom is 0.272 e. The van der Waals surface area contributed by atoms with Crippen LogP contribution in [0.3, 0.4) is 0 Å². The molecular formula is C26H29N5O3. The number of fused-ring (bicyclic) bond motifs is 2. The average Bonchev–Trinajstić information content (AvgIpc) is 3.42. The Morgan fingerprint density at radius 1 is 1.12 bits per heavy atom. The van der Waals surface area contributed by atoms with Crippen molar-refractivity contribution < 1.29 is 9.53 Å². The Bertz CT molecular complexity index is 1320. The number of nitrogens with zero attached hydrogens (tertiary/aromatic N) is 3. The number of hydrogen-bond donors (Lipinski definition) is 2. The van der Waals surface area contributed by atoms with E-state index in [0.29, 0.717) is 31.5 Å². The lowest BCUT2D eigenvalue weighted by atomic mass is 9.98. The maximum absolute atomic E-state index is 12.6. The summed E-state index contributed by atoms with van der Waals surface area (Å²) in [6, 6.07) is 12.0. The number of nitrogens with two attached hydrogens (primary N) is 1. The summed E-state index contributed by atoms with van der Waals surface area (Å²) in [5, 5.41) is 8.56. The van der Waals surface area contributed by atoms with Gasteiger partial charge in [0.2, 0.25) is 5.91 Å².